The Kier molecular flexibility index (Phi) is 3.75. The highest BCUT2D eigenvalue weighted by Crippen LogP contribution is 2.40. The number of hydrogen-bond acceptors (Lipinski definition) is 4. The topological polar surface area (TPSA) is 43.4 Å². The highest BCUT2D eigenvalue weighted by molar-refractivity contribution is 5.39. The number of pyridine rings is 1. The lowest BCUT2D eigenvalue weighted by Crippen LogP contribution is -2.27. The summed E-state index contributed by atoms with van der Waals surface area (Å²) in [5, 5.41) is 3.22. The third-order valence-electron chi connectivity index (χ3n) is 3.75. The number of nitrogens with one attached hydrogen (secondary N) is 1. The monoisotopic (exact) mass is 288 g/mol. The van der Waals surface area contributed by atoms with E-state index in [1.54, 1.807) is 19.4 Å². The van der Waals surface area contributed by atoms with Gasteiger partial charge in [0.25, 0.3) is 0 Å². The molecule has 0 aliphatic carbocycles. The van der Waals surface area contributed by atoms with Gasteiger partial charge < -0.3 is 14.8 Å². The van der Waals surface area contributed by atoms with Crippen LogP contribution in [0.3, 0.4) is 0 Å². The summed E-state index contributed by atoms with van der Waals surface area (Å²) in [4.78, 5) is 4.21. The number of rotatable bonds is 3. The normalized spacial score (nSPS) is 20.5. The van der Waals surface area contributed by atoms with E-state index in [0.29, 0.717) is 11.6 Å². The minimum absolute atomic E-state index is 0.0524. The van der Waals surface area contributed by atoms with Crippen molar-refractivity contribution < 1.29 is 13.9 Å². The lowest BCUT2D eigenvalue weighted by molar-refractivity contribution is 0.153. The number of methoxy groups -OCH3 is 1. The maximum Gasteiger partial charge on any atom is 0.212 e. The Hall–Kier alpha value is -2.14. The SMILES string of the molecule is CNC1CC(c2ccc(OC)nc2)Oc2ccc(F)cc21. The number of benzene rings is 1. The molecule has 4 nitrogen and oxygen atoms in total. The zero-order valence-electron chi connectivity index (χ0n) is 12.0. The van der Waals surface area contributed by atoms with Crippen LogP contribution in [0.1, 0.15) is 29.7 Å². The van der Waals surface area contributed by atoms with Gasteiger partial charge in [-0.1, -0.05) is 0 Å². The van der Waals surface area contributed by atoms with Crippen LogP contribution in [0.5, 0.6) is 11.6 Å². The standard InChI is InChI=1S/C16H17FN2O2/c1-18-13-8-15(10-3-6-16(20-2)19-9-10)21-14-5-4-11(17)7-12(13)14/h3-7,9,13,15,18H,8H2,1-2H3. The number of ether oxygens (including phenoxy) is 2. The molecular weight excluding hydrogens is 271 g/mol. The Morgan fingerprint density at radius 1 is 1.33 bits per heavy atom. The number of aromatic nitrogens is 1. The average Bonchev–Trinajstić information content (AvgIpc) is 2.54. The molecule has 1 aliphatic heterocycles. The molecule has 5 heteroatoms. The molecule has 21 heavy (non-hydrogen) atoms. The van der Waals surface area contributed by atoms with Gasteiger partial charge in [-0.25, -0.2) is 9.37 Å². The first-order chi connectivity index (χ1) is 10.2. The summed E-state index contributed by atoms with van der Waals surface area (Å²) in [5.41, 5.74) is 1.83. The van der Waals surface area contributed by atoms with Crippen molar-refractivity contribution in [1.82, 2.24) is 10.3 Å². The van der Waals surface area contributed by atoms with Gasteiger partial charge in [0.2, 0.25) is 5.88 Å². The summed E-state index contributed by atoms with van der Waals surface area (Å²) in [6.07, 6.45) is 2.37. The van der Waals surface area contributed by atoms with E-state index in [4.69, 9.17) is 9.47 Å². The van der Waals surface area contributed by atoms with Crippen molar-refractivity contribution in [1.29, 1.82) is 0 Å². The van der Waals surface area contributed by atoms with Crippen molar-refractivity contribution in [2.45, 2.75) is 18.6 Å². The van der Waals surface area contributed by atoms with E-state index in [9.17, 15) is 4.39 Å². The van der Waals surface area contributed by atoms with Crippen LogP contribution in [0.25, 0.3) is 0 Å². The maximum atomic E-state index is 13.4. The average molecular weight is 288 g/mol. The van der Waals surface area contributed by atoms with Crippen LogP contribution in [0, 0.1) is 5.82 Å². The third-order valence-corrected chi connectivity index (χ3v) is 3.75. The molecule has 0 fully saturated rings. The van der Waals surface area contributed by atoms with E-state index in [1.807, 2.05) is 19.2 Å². The smallest absolute Gasteiger partial charge is 0.212 e. The van der Waals surface area contributed by atoms with Crippen LogP contribution >= 0.6 is 0 Å². The first-order valence-electron chi connectivity index (χ1n) is 6.84. The quantitative estimate of drug-likeness (QED) is 0.943. The van der Waals surface area contributed by atoms with Gasteiger partial charge in [-0.3, -0.25) is 0 Å². The van der Waals surface area contributed by atoms with Crippen LogP contribution in [0.4, 0.5) is 4.39 Å². The number of hydrogen-bond donors (Lipinski definition) is 1. The molecule has 0 saturated carbocycles. The van der Waals surface area contributed by atoms with Crippen molar-refractivity contribution in [3.63, 3.8) is 0 Å². The van der Waals surface area contributed by atoms with Crippen LogP contribution in [-0.4, -0.2) is 19.1 Å². The van der Waals surface area contributed by atoms with Crippen LogP contribution in [-0.2, 0) is 0 Å². The Bertz CT molecular complexity index is 631. The minimum Gasteiger partial charge on any atom is -0.485 e. The summed E-state index contributed by atoms with van der Waals surface area (Å²) in [7, 11) is 3.45. The fourth-order valence-electron chi connectivity index (χ4n) is 2.62. The first kappa shape index (κ1) is 13.8. The van der Waals surface area contributed by atoms with E-state index in [0.717, 1.165) is 17.5 Å². The fourth-order valence-corrected chi connectivity index (χ4v) is 2.62. The third kappa shape index (κ3) is 2.69. The van der Waals surface area contributed by atoms with E-state index in [2.05, 4.69) is 10.3 Å². The van der Waals surface area contributed by atoms with E-state index in [-0.39, 0.29) is 18.0 Å². The molecule has 0 amide bonds. The van der Waals surface area contributed by atoms with Gasteiger partial charge in [-0.15, -0.1) is 0 Å². The summed E-state index contributed by atoms with van der Waals surface area (Å²) < 4.78 is 24.5. The molecule has 110 valence electrons. The van der Waals surface area contributed by atoms with E-state index < -0.39 is 0 Å². The van der Waals surface area contributed by atoms with Crippen molar-refractivity contribution >= 4 is 0 Å². The second kappa shape index (κ2) is 5.69. The van der Waals surface area contributed by atoms with Crippen molar-refractivity contribution in [2.75, 3.05) is 14.2 Å². The summed E-state index contributed by atoms with van der Waals surface area (Å²) >= 11 is 0. The molecule has 1 aromatic heterocycles. The molecule has 0 bridgehead atoms. The van der Waals surface area contributed by atoms with Crippen molar-refractivity contribution in [3.05, 3.63) is 53.5 Å². The lowest BCUT2D eigenvalue weighted by Gasteiger charge is -2.32. The molecule has 2 aromatic rings. The minimum atomic E-state index is -0.248. The molecule has 1 aliphatic rings. The number of fused-ring (bicyclic) bond motifs is 1. The molecule has 0 saturated heterocycles. The molecular formula is C16H17FN2O2. The summed E-state index contributed by atoms with van der Waals surface area (Å²) in [5.74, 6) is 1.03. The lowest BCUT2D eigenvalue weighted by atomic mass is 9.93. The highest BCUT2D eigenvalue weighted by Gasteiger charge is 2.29. The van der Waals surface area contributed by atoms with Crippen LogP contribution in [0.15, 0.2) is 36.5 Å². The van der Waals surface area contributed by atoms with Gasteiger partial charge in [-0.05, 0) is 31.3 Å². The molecule has 2 unspecified atom stereocenters. The Balaban J connectivity index is 1.90. The summed E-state index contributed by atoms with van der Waals surface area (Å²) in [6, 6.07) is 8.43. The van der Waals surface area contributed by atoms with Crippen molar-refractivity contribution in [3.8, 4) is 11.6 Å². The Morgan fingerprint density at radius 3 is 2.86 bits per heavy atom. The molecule has 1 N–H and O–H groups in total. The van der Waals surface area contributed by atoms with Crippen LogP contribution in [0.2, 0.25) is 0 Å². The second-order valence-corrected chi connectivity index (χ2v) is 5.00. The van der Waals surface area contributed by atoms with E-state index >= 15 is 0 Å². The van der Waals surface area contributed by atoms with Crippen LogP contribution < -0.4 is 14.8 Å². The fraction of sp³-hybridized carbons (Fsp3) is 0.312. The molecule has 1 aromatic carbocycles. The zero-order valence-corrected chi connectivity index (χ0v) is 12.0. The number of halogens is 1. The predicted octanol–water partition coefficient (Wildman–Crippen LogP) is 3.01. The number of nitrogens with zero attached hydrogens (tertiary/aromatic N) is 1. The van der Waals surface area contributed by atoms with Gasteiger partial charge in [0.15, 0.2) is 0 Å². The molecule has 3 rings (SSSR count). The first-order valence-corrected chi connectivity index (χ1v) is 6.84. The van der Waals surface area contributed by atoms with Gasteiger partial charge in [0.05, 0.1) is 7.11 Å². The van der Waals surface area contributed by atoms with Gasteiger partial charge >= 0.3 is 0 Å². The van der Waals surface area contributed by atoms with Gasteiger partial charge in [-0.2, -0.15) is 0 Å². The largest absolute Gasteiger partial charge is 0.485 e. The Morgan fingerprint density at radius 2 is 2.19 bits per heavy atom. The predicted molar refractivity (Wildman–Crippen MR) is 77.0 cm³/mol. The second-order valence-electron chi connectivity index (χ2n) is 5.00. The molecule has 2 heterocycles. The summed E-state index contributed by atoms with van der Waals surface area (Å²) in [6.45, 7) is 0. The highest BCUT2D eigenvalue weighted by atomic mass is 19.1. The maximum absolute atomic E-state index is 13.4. The molecule has 0 spiro atoms. The van der Waals surface area contributed by atoms with Gasteiger partial charge in [0.1, 0.15) is 17.7 Å². The zero-order chi connectivity index (χ0) is 14.8. The molecule has 0 radical (unpaired) electrons. The van der Waals surface area contributed by atoms with Crippen molar-refractivity contribution in [2.24, 2.45) is 0 Å². The van der Waals surface area contributed by atoms with E-state index in [1.165, 1.54) is 12.1 Å². The Labute approximate surface area is 122 Å². The van der Waals surface area contributed by atoms with Gasteiger partial charge in [0, 0.05) is 35.9 Å². The molecule has 2 atom stereocenters.